The first-order chi connectivity index (χ1) is 7.11. The van der Waals surface area contributed by atoms with E-state index in [-0.39, 0.29) is 25.0 Å². The molecule has 1 heterocycles. The van der Waals surface area contributed by atoms with Gasteiger partial charge in [-0.25, -0.2) is 8.78 Å². The zero-order chi connectivity index (χ0) is 11.4. The van der Waals surface area contributed by atoms with Crippen molar-refractivity contribution >= 4 is 6.34 Å². The van der Waals surface area contributed by atoms with Gasteiger partial charge >= 0.3 is 0 Å². The molecule has 6 heteroatoms. The first-order valence-electron chi connectivity index (χ1n) is 4.37. The Morgan fingerprint density at radius 1 is 1.47 bits per heavy atom. The Bertz CT molecular complexity index is 428. The van der Waals surface area contributed by atoms with Crippen LogP contribution in [0.2, 0.25) is 0 Å². The number of nitrogens with one attached hydrogen (secondary N) is 2. The highest BCUT2D eigenvalue weighted by Gasteiger charge is 2.12. The second-order valence-corrected chi connectivity index (χ2v) is 2.98. The Morgan fingerprint density at radius 3 is 2.67 bits per heavy atom. The lowest BCUT2D eigenvalue weighted by Gasteiger charge is -2.07. The molecular weight excluding hydrogens is 204 g/mol. The van der Waals surface area contributed by atoms with Crippen LogP contribution in [0.5, 0.6) is 0 Å². The van der Waals surface area contributed by atoms with Crippen LogP contribution >= 0.6 is 0 Å². The Labute approximate surface area is 84.8 Å². The molecule has 3 N–H and O–H groups in total. The average molecular weight is 215 g/mol. The zero-order valence-corrected chi connectivity index (χ0v) is 7.93. The third-order valence-electron chi connectivity index (χ3n) is 2.00. The summed E-state index contributed by atoms with van der Waals surface area (Å²) in [6.45, 7) is -0.161. The van der Waals surface area contributed by atoms with Gasteiger partial charge in [0.25, 0.3) is 0 Å². The Kier molecular flexibility index (Phi) is 3.68. The molecule has 1 aromatic heterocycles. The maximum absolute atomic E-state index is 13.4. The van der Waals surface area contributed by atoms with Crippen molar-refractivity contribution in [3.63, 3.8) is 0 Å². The predicted octanol–water partition coefficient (Wildman–Crippen LogP) is 0.626. The smallest absolute Gasteiger partial charge is 0.171 e. The quantitative estimate of drug-likeness (QED) is 0.500. The third kappa shape index (κ3) is 2.27. The lowest BCUT2D eigenvalue weighted by atomic mass is 10.1. The van der Waals surface area contributed by atoms with Crippen molar-refractivity contribution in [3.8, 4) is 0 Å². The van der Waals surface area contributed by atoms with E-state index in [4.69, 9.17) is 15.9 Å². The SMILES string of the molecule is N=Cn1cc(F)c(CCCO)c(F)c1=N. The van der Waals surface area contributed by atoms with Gasteiger partial charge in [-0.1, -0.05) is 0 Å². The Hall–Kier alpha value is -1.56. The lowest BCUT2D eigenvalue weighted by molar-refractivity contribution is 0.287. The molecular formula is C9H11F2N3O. The summed E-state index contributed by atoms with van der Waals surface area (Å²) in [7, 11) is 0. The fourth-order valence-electron chi connectivity index (χ4n) is 1.21. The number of rotatable bonds is 4. The van der Waals surface area contributed by atoms with Gasteiger partial charge in [-0.05, 0) is 12.8 Å². The number of halogens is 2. The molecule has 0 aromatic carbocycles. The van der Waals surface area contributed by atoms with Crippen LogP contribution in [0.15, 0.2) is 6.20 Å². The number of pyridine rings is 1. The number of hydrogen-bond donors (Lipinski definition) is 3. The summed E-state index contributed by atoms with van der Waals surface area (Å²) in [4.78, 5) is 0. The van der Waals surface area contributed by atoms with Crippen LogP contribution in [0, 0.1) is 22.5 Å². The van der Waals surface area contributed by atoms with E-state index in [1.807, 2.05) is 0 Å². The molecule has 0 aliphatic rings. The van der Waals surface area contributed by atoms with E-state index in [9.17, 15) is 8.78 Å². The Balaban J connectivity index is 3.23. The standard InChI is InChI=1S/C9H11F2N3O/c10-7-4-14(5-12)9(13)8(11)6(7)2-1-3-15/h4-5,12-13,15H,1-3H2. The number of aromatic nitrogens is 1. The van der Waals surface area contributed by atoms with Gasteiger partial charge in [-0.15, -0.1) is 0 Å². The molecule has 0 saturated carbocycles. The van der Waals surface area contributed by atoms with Crippen LogP contribution in [0.1, 0.15) is 12.0 Å². The molecule has 4 nitrogen and oxygen atoms in total. The molecule has 0 amide bonds. The van der Waals surface area contributed by atoms with Gasteiger partial charge in [0.2, 0.25) is 0 Å². The normalized spacial score (nSPS) is 10.3. The van der Waals surface area contributed by atoms with Crippen molar-refractivity contribution in [2.75, 3.05) is 6.61 Å². The van der Waals surface area contributed by atoms with Gasteiger partial charge in [-0.2, -0.15) is 0 Å². The highest BCUT2D eigenvalue weighted by Crippen LogP contribution is 2.10. The van der Waals surface area contributed by atoms with Crippen LogP contribution in [0.25, 0.3) is 0 Å². The molecule has 0 unspecified atom stereocenters. The van der Waals surface area contributed by atoms with Crippen LogP contribution in [0.4, 0.5) is 8.78 Å². The van der Waals surface area contributed by atoms with E-state index >= 15 is 0 Å². The third-order valence-corrected chi connectivity index (χ3v) is 2.00. The van der Waals surface area contributed by atoms with Crippen LogP contribution in [-0.4, -0.2) is 22.6 Å². The molecule has 0 radical (unpaired) electrons. The largest absolute Gasteiger partial charge is 0.396 e. The summed E-state index contributed by atoms with van der Waals surface area (Å²) in [6.07, 6.45) is 1.82. The molecule has 0 bridgehead atoms. The maximum Gasteiger partial charge on any atom is 0.171 e. The molecule has 1 aromatic rings. The first-order valence-corrected chi connectivity index (χ1v) is 4.37. The highest BCUT2D eigenvalue weighted by molar-refractivity contribution is 5.54. The van der Waals surface area contributed by atoms with Crippen molar-refractivity contribution in [1.29, 1.82) is 10.8 Å². The minimum atomic E-state index is -0.980. The summed E-state index contributed by atoms with van der Waals surface area (Å²) >= 11 is 0. The number of nitrogens with zero attached hydrogens (tertiary/aromatic N) is 1. The molecule has 1 rings (SSSR count). The van der Waals surface area contributed by atoms with Crippen molar-refractivity contribution in [2.24, 2.45) is 0 Å². The van der Waals surface area contributed by atoms with Gasteiger partial charge < -0.3 is 5.11 Å². The summed E-state index contributed by atoms with van der Waals surface area (Å²) in [5.41, 5.74) is -0.772. The second kappa shape index (κ2) is 4.79. The summed E-state index contributed by atoms with van der Waals surface area (Å²) in [5.74, 6) is -1.78. The minimum absolute atomic E-state index is 0.0406. The van der Waals surface area contributed by atoms with Gasteiger partial charge in [0, 0.05) is 18.4 Å². The van der Waals surface area contributed by atoms with E-state index in [1.165, 1.54) is 0 Å². The molecule has 0 aliphatic heterocycles. The molecule has 0 spiro atoms. The lowest BCUT2D eigenvalue weighted by Crippen LogP contribution is -2.25. The van der Waals surface area contributed by atoms with Gasteiger partial charge in [0.15, 0.2) is 11.3 Å². The van der Waals surface area contributed by atoms with Crippen molar-refractivity contribution in [3.05, 3.63) is 28.9 Å². The van der Waals surface area contributed by atoms with Crippen molar-refractivity contribution in [2.45, 2.75) is 12.8 Å². The number of aliphatic hydroxyl groups is 1. The fraction of sp³-hybridized carbons (Fsp3) is 0.333. The second-order valence-electron chi connectivity index (χ2n) is 2.98. The van der Waals surface area contributed by atoms with E-state index in [0.29, 0.717) is 6.34 Å². The summed E-state index contributed by atoms with van der Waals surface area (Å²) < 4.78 is 27.4. The van der Waals surface area contributed by atoms with E-state index < -0.39 is 17.1 Å². The Morgan fingerprint density at radius 2 is 2.13 bits per heavy atom. The van der Waals surface area contributed by atoms with Crippen LogP contribution in [0.3, 0.4) is 0 Å². The van der Waals surface area contributed by atoms with Crippen LogP contribution < -0.4 is 5.49 Å². The zero-order valence-electron chi connectivity index (χ0n) is 7.93. The summed E-state index contributed by atoms with van der Waals surface area (Å²) in [5, 5.41) is 22.7. The topological polar surface area (TPSA) is 72.9 Å². The highest BCUT2D eigenvalue weighted by atomic mass is 19.1. The molecule has 0 saturated heterocycles. The monoisotopic (exact) mass is 215 g/mol. The molecule has 15 heavy (non-hydrogen) atoms. The van der Waals surface area contributed by atoms with E-state index in [1.54, 1.807) is 0 Å². The number of hydrogen-bond acceptors (Lipinski definition) is 3. The number of aliphatic hydroxyl groups excluding tert-OH is 1. The van der Waals surface area contributed by atoms with Gasteiger partial charge in [0.1, 0.15) is 5.82 Å². The molecule has 82 valence electrons. The van der Waals surface area contributed by atoms with E-state index in [2.05, 4.69) is 0 Å². The predicted molar refractivity (Wildman–Crippen MR) is 49.8 cm³/mol. The van der Waals surface area contributed by atoms with Gasteiger partial charge in [0.05, 0.1) is 6.34 Å². The summed E-state index contributed by atoms with van der Waals surface area (Å²) in [6, 6.07) is 0. The van der Waals surface area contributed by atoms with Crippen LogP contribution in [-0.2, 0) is 6.42 Å². The maximum atomic E-state index is 13.4. The average Bonchev–Trinajstić information content (AvgIpc) is 2.23. The first kappa shape index (κ1) is 11.5. The molecule has 0 atom stereocenters. The minimum Gasteiger partial charge on any atom is -0.396 e. The van der Waals surface area contributed by atoms with Crippen molar-refractivity contribution < 1.29 is 13.9 Å². The molecule has 0 fully saturated rings. The van der Waals surface area contributed by atoms with E-state index in [0.717, 1.165) is 10.8 Å². The fourth-order valence-corrected chi connectivity index (χ4v) is 1.21. The van der Waals surface area contributed by atoms with Gasteiger partial charge in [-0.3, -0.25) is 15.4 Å². The molecule has 0 aliphatic carbocycles. The van der Waals surface area contributed by atoms with Crippen molar-refractivity contribution in [1.82, 2.24) is 4.57 Å².